The van der Waals surface area contributed by atoms with Gasteiger partial charge in [-0.15, -0.1) is 0 Å². The Hall–Kier alpha value is -1.92. The van der Waals surface area contributed by atoms with Crippen molar-refractivity contribution < 1.29 is 9.32 Å². The number of nitrogens with two attached hydrogens (primary N) is 1. The van der Waals surface area contributed by atoms with Gasteiger partial charge in [-0.2, -0.15) is 4.98 Å². The Bertz CT molecular complexity index is 757. The van der Waals surface area contributed by atoms with Gasteiger partial charge in [-0.3, -0.25) is 4.79 Å². The third kappa shape index (κ3) is 4.07. The summed E-state index contributed by atoms with van der Waals surface area (Å²) in [5, 5.41) is 4.74. The van der Waals surface area contributed by atoms with Crippen molar-refractivity contribution >= 4 is 17.5 Å². The van der Waals surface area contributed by atoms with Crippen LogP contribution in [0.15, 0.2) is 28.8 Å². The summed E-state index contributed by atoms with van der Waals surface area (Å²) in [5.74, 6) is 1.15. The summed E-state index contributed by atoms with van der Waals surface area (Å²) in [6, 6.07) is 7.31. The van der Waals surface area contributed by atoms with Gasteiger partial charge < -0.3 is 15.2 Å². The molecule has 26 heavy (non-hydrogen) atoms. The molecule has 0 radical (unpaired) electrons. The Morgan fingerprint density at radius 3 is 2.85 bits per heavy atom. The van der Waals surface area contributed by atoms with Gasteiger partial charge in [0.1, 0.15) is 0 Å². The number of rotatable bonds is 5. The fourth-order valence-corrected chi connectivity index (χ4v) is 3.59. The lowest BCUT2D eigenvalue weighted by atomic mass is 9.92. The molecule has 1 saturated heterocycles. The number of halogens is 1. The molecule has 1 aromatic carbocycles. The van der Waals surface area contributed by atoms with Crippen molar-refractivity contribution in [3.05, 3.63) is 35.2 Å². The predicted molar refractivity (Wildman–Crippen MR) is 101 cm³/mol. The van der Waals surface area contributed by atoms with Crippen molar-refractivity contribution in [1.82, 2.24) is 15.0 Å². The number of nitrogens with zero attached hydrogens (tertiary/aromatic N) is 3. The summed E-state index contributed by atoms with van der Waals surface area (Å²) in [4.78, 5) is 19.1. The molecular formula is C19H25ClN4O2. The van der Waals surface area contributed by atoms with Crippen molar-refractivity contribution in [3.63, 3.8) is 0 Å². The third-order valence-electron chi connectivity index (χ3n) is 4.86. The second-order valence-corrected chi connectivity index (χ2v) is 7.66. The van der Waals surface area contributed by atoms with E-state index in [4.69, 9.17) is 21.9 Å². The van der Waals surface area contributed by atoms with Gasteiger partial charge in [0.2, 0.25) is 17.6 Å². The van der Waals surface area contributed by atoms with Gasteiger partial charge in [0, 0.05) is 23.7 Å². The van der Waals surface area contributed by atoms with E-state index in [2.05, 4.69) is 10.1 Å². The second kappa shape index (κ2) is 7.76. The molecule has 3 rings (SSSR count). The van der Waals surface area contributed by atoms with Crippen LogP contribution in [0.25, 0.3) is 11.4 Å². The Morgan fingerprint density at radius 1 is 1.42 bits per heavy atom. The molecule has 0 saturated carbocycles. The highest BCUT2D eigenvalue weighted by molar-refractivity contribution is 6.30. The van der Waals surface area contributed by atoms with Gasteiger partial charge in [0.25, 0.3) is 0 Å². The van der Waals surface area contributed by atoms with Crippen LogP contribution in [0.5, 0.6) is 0 Å². The zero-order valence-electron chi connectivity index (χ0n) is 15.2. The van der Waals surface area contributed by atoms with E-state index in [9.17, 15) is 4.79 Å². The van der Waals surface area contributed by atoms with Crippen LogP contribution in [0, 0.1) is 0 Å². The Balaban J connectivity index is 1.72. The lowest BCUT2D eigenvalue weighted by molar-refractivity contribution is -0.138. The van der Waals surface area contributed by atoms with Crippen LogP contribution in [-0.2, 0) is 4.79 Å². The van der Waals surface area contributed by atoms with Crippen molar-refractivity contribution in [1.29, 1.82) is 0 Å². The number of carbonyl (C=O) groups excluding carboxylic acids is 1. The van der Waals surface area contributed by atoms with Crippen LogP contribution in [-0.4, -0.2) is 39.6 Å². The van der Waals surface area contributed by atoms with Crippen LogP contribution in [0.2, 0.25) is 5.02 Å². The molecule has 0 spiro atoms. The van der Waals surface area contributed by atoms with E-state index in [1.54, 1.807) is 12.1 Å². The van der Waals surface area contributed by atoms with Gasteiger partial charge in [0.15, 0.2) is 0 Å². The number of hydrogen-bond donors (Lipinski definition) is 1. The first-order chi connectivity index (χ1) is 12.4. The number of carbonyl (C=O) groups is 1. The zero-order valence-corrected chi connectivity index (χ0v) is 16.0. The van der Waals surface area contributed by atoms with Crippen LogP contribution in [0.1, 0.15) is 51.3 Å². The fourth-order valence-electron chi connectivity index (χ4n) is 3.47. The summed E-state index contributed by atoms with van der Waals surface area (Å²) in [7, 11) is 0. The minimum Gasteiger partial charge on any atom is -0.340 e. The van der Waals surface area contributed by atoms with Crippen molar-refractivity contribution in [2.24, 2.45) is 5.73 Å². The van der Waals surface area contributed by atoms with Crippen molar-refractivity contribution in [3.8, 4) is 11.4 Å². The van der Waals surface area contributed by atoms with Crippen molar-refractivity contribution in [2.75, 3.05) is 13.1 Å². The molecule has 2 heterocycles. The number of likely N-dealkylation sites (tertiary alicyclic amines) is 1. The fraction of sp³-hybridized carbons (Fsp3) is 0.526. The monoisotopic (exact) mass is 376 g/mol. The molecule has 7 heteroatoms. The highest BCUT2D eigenvalue weighted by Gasteiger charge is 2.36. The maximum Gasteiger partial charge on any atom is 0.242 e. The highest BCUT2D eigenvalue weighted by atomic mass is 35.5. The van der Waals surface area contributed by atoms with E-state index in [1.807, 2.05) is 30.9 Å². The molecule has 6 nitrogen and oxygen atoms in total. The summed E-state index contributed by atoms with van der Waals surface area (Å²) < 4.78 is 5.49. The lowest BCUT2D eigenvalue weighted by Gasteiger charge is -2.36. The third-order valence-corrected chi connectivity index (χ3v) is 5.11. The number of benzene rings is 1. The molecule has 1 aliphatic heterocycles. The van der Waals surface area contributed by atoms with Crippen LogP contribution in [0.3, 0.4) is 0 Å². The van der Waals surface area contributed by atoms with Crippen LogP contribution in [0.4, 0.5) is 0 Å². The minimum atomic E-state index is -0.819. The first kappa shape index (κ1) is 18.9. The van der Waals surface area contributed by atoms with Gasteiger partial charge >= 0.3 is 0 Å². The number of hydrogen-bond acceptors (Lipinski definition) is 5. The smallest absolute Gasteiger partial charge is 0.242 e. The molecule has 1 amide bonds. The molecule has 2 atom stereocenters. The number of piperidine rings is 1. The molecule has 1 fully saturated rings. The van der Waals surface area contributed by atoms with E-state index >= 15 is 0 Å². The maximum absolute atomic E-state index is 12.8. The first-order valence-electron chi connectivity index (χ1n) is 9.08. The molecule has 2 unspecified atom stereocenters. The summed E-state index contributed by atoms with van der Waals surface area (Å²) in [5.41, 5.74) is 6.26. The molecule has 2 aromatic rings. The Morgan fingerprint density at radius 2 is 2.15 bits per heavy atom. The quantitative estimate of drug-likeness (QED) is 0.861. The van der Waals surface area contributed by atoms with Gasteiger partial charge in [-0.05, 0) is 50.5 Å². The van der Waals surface area contributed by atoms with E-state index in [0.29, 0.717) is 29.7 Å². The normalized spacial score (nSPS) is 20.0. The lowest BCUT2D eigenvalue weighted by Crippen LogP contribution is -2.55. The van der Waals surface area contributed by atoms with Crippen LogP contribution >= 0.6 is 11.6 Å². The van der Waals surface area contributed by atoms with E-state index < -0.39 is 5.54 Å². The first-order valence-corrected chi connectivity index (χ1v) is 9.46. The molecular weight excluding hydrogens is 352 g/mol. The average molecular weight is 377 g/mol. The van der Waals surface area contributed by atoms with E-state index in [1.165, 1.54) is 0 Å². The van der Waals surface area contributed by atoms with Gasteiger partial charge in [-0.1, -0.05) is 30.1 Å². The summed E-state index contributed by atoms with van der Waals surface area (Å²) >= 11 is 5.92. The molecule has 0 bridgehead atoms. The average Bonchev–Trinajstić information content (AvgIpc) is 3.12. The number of amides is 1. The molecule has 0 aliphatic carbocycles. The maximum atomic E-state index is 12.8. The van der Waals surface area contributed by atoms with Crippen LogP contribution < -0.4 is 5.73 Å². The molecule has 1 aliphatic rings. The summed E-state index contributed by atoms with van der Waals surface area (Å²) in [6.07, 6.45) is 3.37. The Labute approximate surface area is 158 Å². The zero-order chi connectivity index (χ0) is 18.7. The molecule has 140 valence electrons. The molecule has 2 N–H and O–H groups in total. The van der Waals surface area contributed by atoms with Crippen molar-refractivity contribution in [2.45, 2.75) is 51.0 Å². The standard InChI is InChI=1S/C19H25ClN4O2/c1-3-10-19(2,21)18(25)24-11-4-5-14(12-24)17-22-16(23-26-17)13-6-8-15(20)9-7-13/h6-9,14H,3-5,10-12,21H2,1-2H3. The topological polar surface area (TPSA) is 85.3 Å². The Kier molecular flexibility index (Phi) is 5.63. The largest absolute Gasteiger partial charge is 0.340 e. The number of aromatic nitrogens is 2. The highest BCUT2D eigenvalue weighted by Crippen LogP contribution is 2.29. The van der Waals surface area contributed by atoms with Gasteiger partial charge in [-0.25, -0.2) is 0 Å². The predicted octanol–water partition coefficient (Wildman–Crippen LogP) is 3.61. The van der Waals surface area contributed by atoms with Gasteiger partial charge in [0.05, 0.1) is 11.5 Å². The van der Waals surface area contributed by atoms with E-state index in [-0.39, 0.29) is 11.8 Å². The molecule has 1 aromatic heterocycles. The van der Waals surface area contributed by atoms with E-state index in [0.717, 1.165) is 31.4 Å². The second-order valence-electron chi connectivity index (χ2n) is 7.22. The minimum absolute atomic E-state index is 0.00138. The SMILES string of the molecule is CCCC(C)(N)C(=O)N1CCCC(c2nc(-c3ccc(Cl)cc3)no2)C1. The summed E-state index contributed by atoms with van der Waals surface area (Å²) in [6.45, 7) is 5.14.